The third kappa shape index (κ3) is 7.30. The maximum absolute atomic E-state index is 13.8. The molecule has 9 rings (SSSR count). The molecule has 0 fully saturated rings. The summed E-state index contributed by atoms with van der Waals surface area (Å²) in [6, 6.07) is 46.2. The zero-order valence-corrected chi connectivity index (χ0v) is 34.1. The molecule has 0 aliphatic rings. The molecule has 1 radical (unpaired) electrons. The van der Waals surface area contributed by atoms with E-state index in [1.165, 1.54) is 11.3 Å². The molecule has 0 unspecified atom stereocenters. The predicted molar refractivity (Wildman–Crippen MR) is 218 cm³/mol. The molecule has 5 aromatic carbocycles. The van der Waals surface area contributed by atoms with Gasteiger partial charge in [-0.25, -0.2) is 0 Å². The summed E-state index contributed by atoms with van der Waals surface area (Å²) in [4.78, 5) is 13.6. The van der Waals surface area contributed by atoms with Crippen molar-refractivity contribution in [3.63, 3.8) is 0 Å². The first-order valence-electron chi connectivity index (χ1n) is 18.2. The molecule has 271 valence electrons. The van der Waals surface area contributed by atoms with Gasteiger partial charge in [0.05, 0.1) is 30.5 Å². The SMILES string of the molecule is Fc1ccc2c(n1)oc1c(-c3nc4cc5ccccc5cc4n3Cc3ccccc3)[c-]ccc12.[2H]C(C)(C)c1cc(-c2[c-]cccc2)ncc1[Si](C)(C)C.[Ir]. The summed E-state index contributed by atoms with van der Waals surface area (Å²) in [7, 11) is -1.50. The number of benzene rings is 5. The van der Waals surface area contributed by atoms with Gasteiger partial charge in [0.15, 0.2) is 0 Å². The number of rotatable bonds is 6. The average molecular weight is 904 g/mol. The van der Waals surface area contributed by atoms with E-state index >= 15 is 0 Å². The molecule has 0 amide bonds. The molecular formula is C46H39FIrN4OSi-2. The van der Waals surface area contributed by atoms with Gasteiger partial charge in [-0.2, -0.15) is 9.37 Å². The number of pyridine rings is 2. The molecular weight excluding hydrogens is 864 g/mol. The van der Waals surface area contributed by atoms with Crippen LogP contribution in [0.25, 0.3) is 66.5 Å². The minimum Gasteiger partial charge on any atom is -0.486 e. The van der Waals surface area contributed by atoms with E-state index in [4.69, 9.17) is 10.8 Å². The summed E-state index contributed by atoms with van der Waals surface area (Å²) >= 11 is 0. The number of imidazole rings is 1. The van der Waals surface area contributed by atoms with E-state index in [1.807, 2.05) is 86.8 Å². The van der Waals surface area contributed by atoms with E-state index in [1.54, 1.807) is 6.07 Å². The first-order chi connectivity index (χ1) is 25.9. The fourth-order valence-electron chi connectivity index (χ4n) is 6.86. The summed E-state index contributed by atoms with van der Waals surface area (Å²) in [6.45, 7) is 11.4. The van der Waals surface area contributed by atoms with Crippen LogP contribution in [0.3, 0.4) is 0 Å². The van der Waals surface area contributed by atoms with E-state index in [0.717, 1.165) is 66.4 Å². The van der Waals surface area contributed by atoms with Gasteiger partial charge < -0.3 is 14.0 Å². The van der Waals surface area contributed by atoms with E-state index in [0.29, 0.717) is 12.1 Å². The van der Waals surface area contributed by atoms with Crippen LogP contribution >= 0.6 is 0 Å². The van der Waals surface area contributed by atoms with E-state index in [9.17, 15) is 4.39 Å². The van der Waals surface area contributed by atoms with Gasteiger partial charge in [0, 0.05) is 39.6 Å². The maximum atomic E-state index is 13.8. The molecule has 0 aliphatic heterocycles. The quantitative estimate of drug-likeness (QED) is 0.0948. The Bertz CT molecular complexity index is 2790. The Labute approximate surface area is 330 Å². The van der Waals surface area contributed by atoms with E-state index in [-0.39, 0.29) is 25.8 Å². The Hall–Kier alpha value is -5.27. The molecule has 0 N–H and O–H groups in total. The molecule has 5 nitrogen and oxygen atoms in total. The van der Waals surface area contributed by atoms with Crippen molar-refractivity contribution in [2.45, 2.75) is 45.9 Å². The standard InChI is InChI=1S/C29H17FN3O.C17H22NSi.Ir/c30-26-14-13-22-21-11-6-12-23(27(21)34-29(22)32-26)28-31-24-15-19-9-4-5-10-20(19)16-25(24)33(28)17-18-7-2-1-3-8-18;1-13(2)15-11-16(14-9-7-6-8-10-14)18-12-17(15)19(3,4)5;/h1-11,13-16H,17H2;6-9,11-13H,1-5H3;/q2*-1;/i;13D;. The van der Waals surface area contributed by atoms with E-state index in [2.05, 4.69) is 88.8 Å². The van der Waals surface area contributed by atoms with Crippen LogP contribution in [-0.4, -0.2) is 27.6 Å². The number of nitrogens with zero attached hydrogens (tertiary/aromatic N) is 4. The van der Waals surface area contributed by atoms with Crippen molar-refractivity contribution in [1.29, 1.82) is 0 Å². The van der Waals surface area contributed by atoms with Gasteiger partial charge in [0.25, 0.3) is 0 Å². The zero-order valence-electron chi connectivity index (χ0n) is 31.7. The smallest absolute Gasteiger partial charge is 0.218 e. The average Bonchev–Trinajstić information content (AvgIpc) is 3.71. The molecule has 8 heteroatoms. The Balaban J connectivity index is 0.000000191. The second-order valence-corrected chi connectivity index (χ2v) is 19.6. The third-order valence-corrected chi connectivity index (χ3v) is 11.5. The van der Waals surface area contributed by atoms with Gasteiger partial charge in [0.2, 0.25) is 11.7 Å². The van der Waals surface area contributed by atoms with Gasteiger partial charge in [-0.15, -0.1) is 54.1 Å². The maximum Gasteiger partial charge on any atom is 0.218 e. The molecule has 0 spiro atoms. The largest absolute Gasteiger partial charge is 0.486 e. The summed E-state index contributed by atoms with van der Waals surface area (Å²) < 4.78 is 30.5. The Morgan fingerprint density at radius 1 is 0.815 bits per heavy atom. The van der Waals surface area contributed by atoms with Crippen molar-refractivity contribution in [2.24, 2.45) is 0 Å². The fourth-order valence-corrected chi connectivity index (χ4v) is 8.44. The normalized spacial score (nSPS) is 12.1. The van der Waals surface area contributed by atoms with Gasteiger partial charge in [-0.3, -0.25) is 4.98 Å². The van der Waals surface area contributed by atoms with Crippen molar-refractivity contribution < 1.29 is 30.3 Å². The predicted octanol–water partition coefficient (Wildman–Crippen LogP) is 11.4. The van der Waals surface area contributed by atoms with Crippen molar-refractivity contribution in [3.8, 4) is 22.6 Å². The summed E-state index contributed by atoms with van der Waals surface area (Å²) in [5.41, 5.74) is 7.68. The van der Waals surface area contributed by atoms with Gasteiger partial charge in [-0.05, 0) is 57.4 Å². The fraction of sp³-hybridized carbons (Fsp3) is 0.152. The van der Waals surface area contributed by atoms with Crippen LogP contribution in [0.15, 0.2) is 132 Å². The number of hydrogen-bond donors (Lipinski definition) is 0. The second kappa shape index (κ2) is 15.2. The monoisotopic (exact) mass is 904 g/mol. The first-order valence-corrected chi connectivity index (χ1v) is 21.2. The Morgan fingerprint density at radius 3 is 2.28 bits per heavy atom. The first kappa shape index (κ1) is 35.7. The molecule has 0 saturated carbocycles. The van der Waals surface area contributed by atoms with Crippen LogP contribution in [-0.2, 0) is 26.7 Å². The summed E-state index contributed by atoms with van der Waals surface area (Å²) in [5, 5.41) is 5.19. The van der Waals surface area contributed by atoms with Gasteiger partial charge in [0.1, 0.15) is 0 Å². The second-order valence-electron chi connectivity index (χ2n) is 14.5. The van der Waals surface area contributed by atoms with Gasteiger partial charge in [-0.1, -0.05) is 111 Å². The third-order valence-electron chi connectivity index (χ3n) is 9.52. The minimum absolute atomic E-state index is 0. The molecule has 0 aliphatic carbocycles. The molecule has 54 heavy (non-hydrogen) atoms. The van der Waals surface area contributed by atoms with Gasteiger partial charge >= 0.3 is 0 Å². The molecule has 0 saturated heterocycles. The number of furan rings is 1. The van der Waals surface area contributed by atoms with Crippen LogP contribution in [0.5, 0.6) is 0 Å². The van der Waals surface area contributed by atoms with E-state index < -0.39 is 19.9 Å². The molecule has 4 aromatic heterocycles. The molecule has 4 heterocycles. The number of fused-ring (bicyclic) bond motifs is 5. The van der Waals surface area contributed by atoms with Crippen LogP contribution in [0.1, 0.15) is 32.2 Å². The van der Waals surface area contributed by atoms with Crippen molar-refractivity contribution in [2.75, 3.05) is 0 Å². The Kier molecular flexibility index (Phi) is 10.1. The Morgan fingerprint density at radius 2 is 1.56 bits per heavy atom. The number of hydrogen-bond acceptors (Lipinski definition) is 4. The van der Waals surface area contributed by atoms with Crippen LogP contribution in [0, 0.1) is 18.1 Å². The van der Waals surface area contributed by atoms with Crippen LogP contribution < -0.4 is 5.19 Å². The molecule has 0 bridgehead atoms. The van der Waals surface area contributed by atoms with Crippen LogP contribution in [0.2, 0.25) is 19.6 Å². The van der Waals surface area contributed by atoms with Crippen molar-refractivity contribution in [1.82, 2.24) is 19.5 Å². The number of halogens is 1. The number of aromatic nitrogens is 4. The molecule has 9 aromatic rings. The summed E-state index contributed by atoms with van der Waals surface area (Å²) in [5.74, 6) is -0.429. The minimum atomic E-state index is -1.50. The summed E-state index contributed by atoms with van der Waals surface area (Å²) in [6.07, 6.45) is 1.98. The molecule has 0 atom stereocenters. The topological polar surface area (TPSA) is 56.7 Å². The zero-order chi connectivity index (χ0) is 37.6. The van der Waals surface area contributed by atoms with Crippen LogP contribution in [0.4, 0.5) is 4.39 Å². The van der Waals surface area contributed by atoms with Crippen molar-refractivity contribution >= 4 is 57.1 Å². The van der Waals surface area contributed by atoms with Crippen molar-refractivity contribution in [3.05, 3.63) is 157 Å².